The van der Waals surface area contributed by atoms with Crippen molar-refractivity contribution in [3.8, 4) is 0 Å². The van der Waals surface area contributed by atoms with E-state index in [2.05, 4.69) is 98.8 Å². The summed E-state index contributed by atoms with van der Waals surface area (Å²) >= 11 is 0. The maximum absolute atomic E-state index is 2.67. The third kappa shape index (κ3) is 5.55. The molecule has 0 spiro atoms. The smallest absolute Gasteiger partial charge is 0.0373 e. The highest BCUT2D eigenvalue weighted by atomic mass is 15.2. The van der Waals surface area contributed by atoms with E-state index in [0.29, 0.717) is 11.8 Å². The van der Waals surface area contributed by atoms with Crippen molar-refractivity contribution in [3.63, 3.8) is 0 Å². The third-order valence-electron chi connectivity index (χ3n) is 7.44. The topological polar surface area (TPSA) is 9.72 Å². The Hall–Kier alpha value is -1.84. The molecule has 2 saturated heterocycles. The van der Waals surface area contributed by atoms with E-state index >= 15 is 0 Å². The standard InChI is InChI=1S/C29H43N3/c1-22(2)24-8-7-9-25(18-24)26-10-11-31(21-26)20-23-16-27(29(3,4)5)19-28(17-23)32-14-12-30(6)13-15-32/h7-9,16-19,22,26H,10-15,20-21H2,1-6H3. The molecule has 0 aliphatic carbocycles. The number of hydrogen-bond donors (Lipinski definition) is 0. The molecule has 2 aromatic carbocycles. The number of likely N-dealkylation sites (N-methyl/N-ethyl adjacent to an activating group) is 1. The van der Waals surface area contributed by atoms with Crippen LogP contribution < -0.4 is 4.90 Å². The Morgan fingerprint density at radius 3 is 2.38 bits per heavy atom. The second-order valence-electron chi connectivity index (χ2n) is 11.5. The molecule has 2 aliphatic rings. The average Bonchev–Trinajstić information content (AvgIpc) is 3.22. The summed E-state index contributed by atoms with van der Waals surface area (Å²) in [7, 11) is 2.23. The van der Waals surface area contributed by atoms with Gasteiger partial charge in [0.2, 0.25) is 0 Å². The van der Waals surface area contributed by atoms with Crippen molar-refractivity contribution in [2.24, 2.45) is 0 Å². The fourth-order valence-electron chi connectivity index (χ4n) is 5.12. The molecule has 0 amide bonds. The van der Waals surface area contributed by atoms with Gasteiger partial charge in [0.05, 0.1) is 0 Å². The van der Waals surface area contributed by atoms with Crippen LogP contribution in [0, 0.1) is 0 Å². The van der Waals surface area contributed by atoms with Gasteiger partial charge in [0.15, 0.2) is 0 Å². The van der Waals surface area contributed by atoms with Gasteiger partial charge >= 0.3 is 0 Å². The molecule has 174 valence electrons. The first-order chi connectivity index (χ1) is 15.2. The van der Waals surface area contributed by atoms with Crippen molar-refractivity contribution in [3.05, 3.63) is 64.7 Å². The average molecular weight is 434 g/mol. The Kier molecular flexibility index (Phi) is 6.97. The van der Waals surface area contributed by atoms with Crippen molar-refractivity contribution in [1.82, 2.24) is 9.80 Å². The molecule has 1 atom stereocenters. The molecule has 3 heteroatoms. The minimum absolute atomic E-state index is 0.169. The van der Waals surface area contributed by atoms with E-state index in [0.717, 1.165) is 32.7 Å². The zero-order valence-electron chi connectivity index (χ0n) is 21.2. The second kappa shape index (κ2) is 9.57. The molecule has 0 aromatic heterocycles. The molecule has 2 heterocycles. The van der Waals surface area contributed by atoms with Crippen LogP contribution in [-0.2, 0) is 12.0 Å². The Morgan fingerprint density at radius 2 is 1.69 bits per heavy atom. The van der Waals surface area contributed by atoms with E-state index in [1.54, 1.807) is 0 Å². The summed E-state index contributed by atoms with van der Waals surface area (Å²) in [5.74, 6) is 1.26. The molecular weight excluding hydrogens is 390 g/mol. The molecule has 1 unspecified atom stereocenters. The maximum Gasteiger partial charge on any atom is 0.0373 e. The van der Waals surface area contributed by atoms with Gasteiger partial charge in [-0.25, -0.2) is 0 Å². The van der Waals surface area contributed by atoms with Gasteiger partial charge in [-0.05, 0) is 71.7 Å². The fourth-order valence-corrected chi connectivity index (χ4v) is 5.12. The highest BCUT2D eigenvalue weighted by molar-refractivity contribution is 5.53. The van der Waals surface area contributed by atoms with E-state index < -0.39 is 0 Å². The molecule has 0 N–H and O–H groups in total. The molecule has 2 aliphatic heterocycles. The normalized spacial score (nSPS) is 21.0. The molecule has 0 radical (unpaired) electrons. The highest BCUT2D eigenvalue weighted by Crippen LogP contribution is 2.33. The second-order valence-corrected chi connectivity index (χ2v) is 11.5. The molecule has 2 aromatic rings. The summed E-state index contributed by atoms with van der Waals surface area (Å²) < 4.78 is 0. The lowest BCUT2D eigenvalue weighted by molar-refractivity contribution is 0.312. The summed E-state index contributed by atoms with van der Waals surface area (Å²) in [6.45, 7) is 19.6. The zero-order valence-corrected chi connectivity index (χ0v) is 21.2. The van der Waals surface area contributed by atoms with Crippen LogP contribution in [0.1, 0.15) is 75.1 Å². The lowest BCUT2D eigenvalue weighted by Gasteiger charge is -2.35. The summed E-state index contributed by atoms with van der Waals surface area (Å²) in [5.41, 5.74) is 7.52. The maximum atomic E-state index is 2.67. The zero-order chi connectivity index (χ0) is 22.9. The Bertz CT molecular complexity index is 903. The van der Waals surface area contributed by atoms with E-state index in [-0.39, 0.29) is 5.41 Å². The Morgan fingerprint density at radius 1 is 0.938 bits per heavy atom. The first-order valence-corrected chi connectivity index (χ1v) is 12.6. The Balaban J connectivity index is 1.50. The minimum atomic E-state index is 0.169. The number of likely N-dealkylation sites (tertiary alicyclic amines) is 1. The van der Waals surface area contributed by atoms with Crippen LogP contribution >= 0.6 is 0 Å². The van der Waals surface area contributed by atoms with Crippen LogP contribution in [-0.4, -0.2) is 56.1 Å². The minimum Gasteiger partial charge on any atom is -0.369 e. The van der Waals surface area contributed by atoms with E-state index in [9.17, 15) is 0 Å². The fraction of sp³-hybridized carbons (Fsp3) is 0.586. The lowest BCUT2D eigenvalue weighted by atomic mass is 9.85. The first-order valence-electron chi connectivity index (χ1n) is 12.6. The number of nitrogens with zero attached hydrogens (tertiary/aromatic N) is 3. The molecule has 4 rings (SSSR count). The monoisotopic (exact) mass is 433 g/mol. The quantitative estimate of drug-likeness (QED) is 0.586. The predicted molar refractivity (Wildman–Crippen MR) is 138 cm³/mol. The van der Waals surface area contributed by atoms with Crippen LogP contribution in [0.2, 0.25) is 0 Å². The van der Waals surface area contributed by atoms with Crippen LogP contribution in [0.25, 0.3) is 0 Å². The van der Waals surface area contributed by atoms with E-state index in [1.807, 2.05) is 0 Å². The van der Waals surface area contributed by atoms with Crippen LogP contribution in [0.3, 0.4) is 0 Å². The molecule has 0 bridgehead atoms. The van der Waals surface area contributed by atoms with Gasteiger partial charge in [0.25, 0.3) is 0 Å². The van der Waals surface area contributed by atoms with Crippen molar-refractivity contribution < 1.29 is 0 Å². The largest absolute Gasteiger partial charge is 0.369 e. The molecule has 0 saturated carbocycles. The third-order valence-corrected chi connectivity index (χ3v) is 7.44. The molecule has 32 heavy (non-hydrogen) atoms. The number of anilines is 1. The number of hydrogen-bond acceptors (Lipinski definition) is 3. The van der Waals surface area contributed by atoms with Gasteiger partial charge < -0.3 is 9.80 Å². The number of rotatable bonds is 5. The van der Waals surface area contributed by atoms with Crippen molar-refractivity contribution in [2.45, 2.75) is 64.8 Å². The molecule has 3 nitrogen and oxygen atoms in total. The first kappa shape index (κ1) is 23.3. The predicted octanol–water partition coefficient (Wildman–Crippen LogP) is 5.85. The van der Waals surface area contributed by atoms with Crippen molar-refractivity contribution >= 4 is 5.69 Å². The molecule has 2 fully saturated rings. The van der Waals surface area contributed by atoms with Crippen LogP contribution in [0.15, 0.2) is 42.5 Å². The van der Waals surface area contributed by atoms with Gasteiger partial charge in [-0.1, -0.05) is 65.0 Å². The van der Waals surface area contributed by atoms with E-state index in [1.165, 1.54) is 47.5 Å². The lowest BCUT2D eigenvalue weighted by Crippen LogP contribution is -2.44. The van der Waals surface area contributed by atoms with Crippen LogP contribution in [0.5, 0.6) is 0 Å². The summed E-state index contributed by atoms with van der Waals surface area (Å²) in [4.78, 5) is 7.69. The highest BCUT2D eigenvalue weighted by Gasteiger charge is 2.25. The van der Waals surface area contributed by atoms with Crippen LogP contribution in [0.4, 0.5) is 5.69 Å². The van der Waals surface area contributed by atoms with Gasteiger partial charge in [0, 0.05) is 45.0 Å². The van der Waals surface area contributed by atoms with Gasteiger partial charge in [-0.15, -0.1) is 0 Å². The molecular formula is C29H43N3. The summed E-state index contributed by atoms with van der Waals surface area (Å²) in [6, 6.07) is 16.7. The van der Waals surface area contributed by atoms with Gasteiger partial charge in [-0.3, -0.25) is 4.90 Å². The summed E-state index contributed by atoms with van der Waals surface area (Å²) in [6.07, 6.45) is 1.27. The van der Waals surface area contributed by atoms with Gasteiger partial charge in [0.1, 0.15) is 0 Å². The Labute approximate surface area is 196 Å². The van der Waals surface area contributed by atoms with Gasteiger partial charge in [-0.2, -0.15) is 0 Å². The summed E-state index contributed by atoms with van der Waals surface area (Å²) in [5, 5.41) is 0. The van der Waals surface area contributed by atoms with Crippen molar-refractivity contribution in [2.75, 3.05) is 51.2 Å². The number of benzene rings is 2. The van der Waals surface area contributed by atoms with Crippen molar-refractivity contribution in [1.29, 1.82) is 0 Å². The number of piperazine rings is 1. The van der Waals surface area contributed by atoms with E-state index in [4.69, 9.17) is 0 Å². The SMILES string of the molecule is CC(C)c1cccc(C2CCN(Cc3cc(N4CCN(C)CC4)cc(C(C)(C)C)c3)C2)c1.